The maximum Gasteiger partial charge on any atom is 0.254 e. The van der Waals surface area contributed by atoms with Crippen LogP contribution in [0, 0.1) is 12.7 Å². The van der Waals surface area contributed by atoms with E-state index in [1.54, 1.807) is 12.1 Å². The largest absolute Gasteiger partial charge is 0.368 e. The zero-order chi connectivity index (χ0) is 17.6. The molecule has 3 rings (SSSR count). The van der Waals surface area contributed by atoms with Gasteiger partial charge in [-0.15, -0.1) is 0 Å². The Morgan fingerprint density at radius 1 is 1.12 bits per heavy atom. The second-order valence-electron chi connectivity index (χ2n) is 5.41. The molecule has 0 radical (unpaired) electrons. The number of hydrogen-bond acceptors (Lipinski definition) is 4. The topological polar surface area (TPSA) is 71.8 Å². The number of carbonyl (C=O) groups is 1. The van der Waals surface area contributed by atoms with Crippen molar-refractivity contribution in [3.05, 3.63) is 72.1 Å². The molecule has 2 heterocycles. The maximum atomic E-state index is 13.5. The van der Waals surface area contributed by atoms with Gasteiger partial charge in [0.25, 0.3) is 5.91 Å². The number of anilines is 1. The minimum absolute atomic E-state index is 0.0373. The van der Waals surface area contributed by atoms with Crippen LogP contribution in [0.5, 0.6) is 0 Å². The van der Waals surface area contributed by atoms with Crippen LogP contribution in [0.1, 0.15) is 16.2 Å². The Hall–Kier alpha value is -3.22. The van der Waals surface area contributed by atoms with Crippen LogP contribution in [0.25, 0.3) is 5.82 Å². The van der Waals surface area contributed by atoms with Gasteiger partial charge in [0.05, 0.1) is 5.56 Å². The monoisotopic (exact) mass is 339 g/mol. The molecule has 128 valence electrons. The van der Waals surface area contributed by atoms with Crippen molar-refractivity contribution < 1.29 is 9.18 Å². The average Bonchev–Trinajstić information content (AvgIpc) is 3.13. The molecule has 7 heteroatoms. The van der Waals surface area contributed by atoms with Gasteiger partial charge >= 0.3 is 0 Å². The molecule has 2 aromatic heterocycles. The van der Waals surface area contributed by atoms with E-state index in [1.165, 1.54) is 12.1 Å². The van der Waals surface area contributed by atoms with E-state index in [9.17, 15) is 9.18 Å². The van der Waals surface area contributed by atoms with E-state index in [4.69, 9.17) is 0 Å². The normalized spacial score (nSPS) is 10.5. The molecule has 6 nitrogen and oxygen atoms in total. The summed E-state index contributed by atoms with van der Waals surface area (Å²) in [6.45, 7) is 2.62. The lowest BCUT2D eigenvalue weighted by Crippen LogP contribution is -2.29. The number of benzene rings is 1. The third kappa shape index (κ3) is 4.20. The second-order valence-corrected chi connectivity index (χ2v) is 5.41. The fourth-order valence-corrected chi connectivity index (χ4v) is 2.37. The van der Waals surface area contributed by atoms with Gasteiger partial charge in [0, 0.05) is 31.5 Å². The van der Waals surface area contributed by atoms with E-state index in [1.807, 2.05) is 42.1 Å². The molecule has 0 unspecified atom stereocenters. The van der Waals surface area contributed by atoms with Crippen LogP contribution in [0.4, 0.5) is 10.2 Å². The first kappa shape index (κ1) is 16.6. The number of nitrogens with zero attached hydrogens (tertiary/aromatic N) is 3. The summed E-state index contributed by atoms with van der Waals surface area (Å²) in [5.41, 5.74) is 0.0373. The molecule has 1 aromatic carbocycles. The first-order chi connectivity index (χ1) is 12.1. The Morgan fingerprint density at radius 2 is 1.88 bits per heavy atom. The molecule has 2 N–H and O–H groups in total. The van der Waals surface area contributed by atoms with E-state index in [-0.39, 0.29) is 5.56 Å². The van der Waals surface area contributed by atoms with E-state index in [0.29, 0.717) is 24.7 Å². The maximum absolute atomic E-state index is 13.5. The number of hydrogen-bond donors (Lipinski definition) is 2. The summed E-state index contributed by atoms with van der Waals surface area (Å²) in [6.07, 6.45) is 3.81. The Bertz CT molecular complexity index is 864. The highest BCUT2D eigenvalue weighted by molar-refractivity contribution is 5.94. The zero-order valence-electron chi connectivity index (χ0n) is 13.7. The van der Waals surface area contributed by atoms with E-state index in [0.717, 1.165) is 5.82 Å². The Morgan fingerprint density at radius 3 is 2.64 bits per heavy atom. The van der Waals surface area contributed by atoms with E-state index >= 15 is 0 Å². The molecule has 3 aromatic rings. The van der Waals surface area contributed by atoms with Crippen molar-refractivity contribution in [2.24, 2.45) is 0 Å². The van der Waals surface area contributed by atoms with Gasteiger partial charge in [0.1, 0.15) is 23.3 Å². The van der Waals surface area contributed by atoms with Crippen LogP contribution >= 0.6 is 0 Å². The van der Waals surface area contributed by atoms with Crippen LogP contribution < -0.4 is 10.6 Å². The second kappa shape index (κ2) is 7.57. The molecule has 0 fully saturated rings. The average molecular weight is 339 g/mol. The number of amides is 1. The summed E-state index contributed by atoms with van der Waals surface area (Å²) in [5, 5.41) is 5.81. The van der Waals surface area contributed by atoms with Crippen molar-refractivity contribution in [3.8, 4) is 5.82 Å². The smallest absolute Gasteiger partial charge is 0.254 e. The lowest BCUT2D eigenvalue weighted by molar-refractivity contribution is 0.0951. The van der Waals surface area contributed by atoms with Crippen LogP contribution in [0.2, 0.25) is 0 Å². The van der Waals surface area contributed by atoms with Crippen LogP contribution in [0.15, 0.2) is 54.9 Å². The number of aromatic nitrogens is 3. The minimum atomic E-state index is -0.532. The van der Waals surface area contributed by atoms with Crippen molar-refractivity contribution >= 4 is 11.7 Å². The zero-order valence-corrected chi connectivity index (χ0v) is 13.7. The molecule has 0 atom stereocenters. The standard InChI is InChI=1S/C18H18FN5O/c1-13-22-16(12-17(23-13)24-10-4-5-11-24)20-8-9-21-18(25)14-6-2-3-7-15(14)19/h2-7,10-12H,8-9H2,1H3,(H,21,25)(H,20,22,23). The Kier molecular flexibility index (Phi) is 5.03. The quantitative estimate of drug-likeness (QED) is 0.677. The predicted molar refractivity (Wildman–Crippen MR) is 93.3 cm³/mol. The number of nitrogens with one attached hydrogen (secondary N) is 2. The third-order valence-electron chi connectivity index (χ3n) is 3.53. The lowest BCUT2D eigenvalue weighted by atomic mass is 10.2. The molecule has 0 spiro atoms. The first-order valence-electron chi connectivity index (χ1n) is 7.89. The van der Waals surface area contributed by atoms with Gasteiger partial charge < -0.3 is 15.2 Å². The van der Waals surface area contributed by atoms with Crippen LogP contribution in [-0.4, -0.2) is 33.5 Å². The van der Waals surface area contributed by atoms with Gasteiger partial charge in [-0.25, -0.2) is 14.4 Å². The van der Waals surface area contributed by atoms with Crippen molar-refractivity contribution in [2.75, 3.05) is 18.4 Å². The highest BCUT2D eigenvalue weighted by Gasteiger charge is 2.09. The molecule has 1 amide bonds. The van der Waals surface area contributed by atoms with Crippen LogP contribution in [-0.2, 0) is 0 Å². The van der Waals surface area contributed by atoms with Gasteiger partial charge in [-0.2, -0.15) is 0 Å². The Balaban J connectivity index is 1.56. The number of halogens is 1. The van der Waals surface area contributed by atoms with Gasteiger partial charge in [0.2, 0.25) is 0 Å². The molecular formula is C18H18FN5O. The van der Waals surface area contributed by atoms with Crippen LogP contribution in [0.3, 0.4) is 0 Å². The van der Waals surface area contributed by atoms with E-state index in [2.05, 4.69) is 20.6 Å². The highest BCUT2D eigenvalue weighted by atomic mass is 19.1. The van der Waals surface area contributed by atoms with Gasteiger partial charge in [-0.05, 0) is 31.2 Å². The van der Waals surface area contributed by atoms with Crippen molar-refractivity contribution in [1.29, 1.82) is 0 Å². The van der Waals surface area contributed by atoms with E-state index < -0.39 is 11.7 Å². The molecule has 0 saturated heterocycles. The van der Waals surface area contributed by atoms with Gasteiger partial charge in [0.15, 0.2) is 0 Å². The van der Waals surface area contributed by atoms with Crippen molar-refractivity contribution in [3.63, 3.8) is 0 Å². The molecule has 0 aliphatic carbocycles. The van der Waals surface area contributed by atoms with Gasteiger partial charge in [-0.1, -0.05) is 12.1 Å². The molecule has 25 heavy (non-hydrogen) atoms. The van der Waals surface area contributed by atoms with Gasteiger partial charge in [-0.3, -0.25) is 4.79 Å². The summed E-state index contributed by atoms with van der Waals surface area (Å²) >= 11 is 0. The molecular weight excluding hydrogens is 321 g/mol. The summed E-state index contributed by atoms with van der Waals surface area (Å²) in [7, 11) is 0. The fraction of sp³-hybridized carbons (Fsp3) is 0.167. The predicted octanol–water partition coefficient (Wildman–Crippen LogP) is 2.56. The molecule has 0 aliphatic rings. The SMILES string of the molecule is Cc1nc(NCCNC(=O)c2ccccc2F)cc(-n2cccc2)n1. The van der Waals surface area contributed by atoms with Crippen molar-refractivity contribution in [1.82, 2.24) is 19.9 Å². The highest BCUT2D eigenvalue weighted by Crippen LogP contribution is 2.11. The summed E-state index contributed by atoms with van der Waals surface area (Å²) < 4.78 is 15.4. The number of aryl methyl sites for hydroxylation is 1. The lowest BCUT2D eigenvalue weighted by Gasteiger charge is -2.10. The number of carbonyl (C=O) groups excluding carboxylic acids is 1. The molecule has 0 bridgehead atoms. The molecule has 0 saturated carbocycles. The minimum Gasteiger partial charge on any atom is -0.368 e. The number of rotatable bonds is 6. The summed E-state index contributed by atoms with van der Waals surface area (Å²) in [5.74, 6) is 1.10. The van der Waals surface area contributed by atoms with Crippen molar-refractivity contribution in [2.45, 2.75) is 6.92 Å². The first-order valence-corrected chi connectivity index (χ1v) is 7.89. The summed E-state index contributed by atoms with van der Waals surface area (Å²) in [6, 6.07) is 11.6. The summed E-state index contributed by atoms with van der Waals surface area (Å²) in [4.78, 5) is 20.6. The Labute approximate surface area is 144 Å². The fourth-order valence-electron chi connectivity index (χ4n) is 2.37. The molecule has 0 aliphatic heterocycles. The third-order valence-corrected chi connectivity index (χ3v) is 3.53.